The fraction of sp³-hybridized carbons (Fsp3) is 0.500. The van der Waals surface area contributed by atoms with Crippen molar-refractivity contribution >= 4 is 23.2 Å². The monoisotopic (exact) mass is 284 g/mol. The van der Waals surface area contributed by atoms with Gasteiger partial charge in [0.25, 0.3) is 0 Å². The molecule has 1 unspecified atom stereocenters. The van der Waals surface area contributed by atoms with Crippen molar-refractivity contribution in [3.05, 3.63) is 39.7 Å². The van der Waals surface area contributed by atoms with Gasteiger partial charge in [0.1, 0.15) is 0 Å². The molecule has 1 heterocycles. The van der Waals surface area contributed by atoms with E-state index in [0.717, 1.165) is 18.5 Å². The average Bonchev–Trinajstić information content (AvgIpc) is 2.62. The van der Waals surface area contributed by atoms with Crippen LogP contribution in [0.1, 0.15) is 43.8 Å². The van der Waals surface area contributed by atoms with Gasteiger partial charge in [-0.05, 0) is 38.8 Å². The lowest BCUT2D eigenvalue weighted by atomic mass is 9.99. The second kappa shape index (κ2) is 6.55. The molecule has 0 aromatic carbocycles. The molecule has 1 aliphatic rings. The number of rotatable bonds is 3. The smallest absolute Gasteiger partial charge is 0.0802 e. The Balaban J connectivity index is 2.29. The van der Waals surface area contributed by atoms with Crippen LogP contribution in [-0.2, 0) is 0 Å². The fourth-order valence-electron chi connectivity index (χ4n) is 2.44. The van der Waals surface area contributed by atoms with Crippen LogP contribution in [0.25, 0.3) is 0 Å². The summed E-state index contributed by atoms with van der Waals surface area (Å²) >= 11 is 12.1. The number of pyridine rings is 1. The van der Waals surface area contributed by atoms with Crippen LogP contribution in [0.2, 0.25) is 10.0 Å². The lowest BCUT2D eigenvalue weighted by Crippen LogP contribution is -2.20. The van der Waals surface area contributed by atoms with Crippen LogP contribution in [-0.4, -0.2) is 12.0 Å². The topological polar surface area (TPSA) is 24.9 Å². The Kier molecular flexibility index (Phi) is 5.04. The van der Waals surface area contributed by atoms with Gasteiger partial charge in [-0.1, -0.05) is 41.3 Å². The third kappa shape index (κ3) is 3.25. The number of aromatic nitrogens is 1. The zero-order valence-corrected chi connectivity index (χ0v) is 12.1. The van der Waals surface area contributed by atoms with Crippen LogP contribution in [0, 0.1) is 0 Å². The molecule has 1 atom stereocenters. The van der Waals surface area contributed by atoms with Crippen LogP contribution in [0.3, 0.4) is 0 Å². The number of likely N-dealkylation sites (N-methyl/N-ethyl adjacent to an activating group) is 1. The number of hydrogen-bond acceptors (Lipinski definition) is 2. The van der Waals surface area contributed by atoms with E-state index in [0.29, 0.717) is 10.0 Å². The summed E-state index contributed by atoms with van der Waals surface area (Å²) in [5.74, 6) is 0. The number of hydrogen-bond donors (Lipinski definition) is 1. The van der Waals surface area contributed by atoms with Crippen molar-refractivity contribution in [2.75, 3.05) is 7.05 Å². The summed E-state index contributed by atoms with van der Waals surface area (Å²) in [5, 5.41) is 4.53. The molecule has 2 rings (SSSR count). The van der Waals surface area contributed by atoms with Gasteiger partial charge < -0.3 is 5.32 Å². The van der Waals surface area contributed by atoms with Crippen molar-refractivity contribution < 1.29 is 0 Å². The third-order valence-electron chi connectivity index (χ3n) is 3.35. The van der Waals surface area contributed by atoms with Gasteiger partial charge in [-0.15, -0.1) is 0 Å². The van der Waals surface area contributed by atoms with Crippen LogP contribution in [0.15, 0.2) is 23.9 Å². The molecular formula is C14H18Cl2N2. The van der Waals surface area contributed by atoms with Crippen LogP contribution >= 0.6 is 23.2 Å². The Morgan fingerprint density at radius 2 is 2.11 bits per heavy atom. The molecule has 0 bridgehead atoms. The Morgan fingerprint density at radius 1 is 1.28 bits per heavy atom. The summed E-state index contributed by atoms with van der Waals surface area (Å²) < 4.78 is 0. The summed E-state index contributed by atoms with van der Waals surface area (Å²) in [6.45, 7) is 0. The maximum absolute atomic E-state index is 6.25. The first-order valence-corrected chi connectivity index (χ1v) is 7.15. The molecule has 0 radical (unpaired) electrons. The summed E-state index contributed by atoms with van der Waals surface area (Å²) in [6, 6.07) is 1.86. The van der Waals surface area contributed by atoms with E-state index in [1.165, 1.54) is 24.8 Å². The first kappa shape index (κ1) is 13.9. The molecule has 0 spiro atoms. The molecule has 4 heteroatoms. The van der Waals surface area contributed by atoms with Crippen molar-refractivity contribution in [3.8, 4) is 0 Å². The van der Waals surface area contributed by atoms with E-state index >= 15 is 0 Å². The Labute approximate surface area is 118 Å². The Hall–Kier alpha value is -0.570. The minimum Gasteiger partial charge on any atom is -0.308 e. The van der Waals surface area contributed by atoms with Gasteiger partial charge in [0, 0.05) is 6.20 Å². The molecule has 0 saturated carbocycles. The fourth-order valence-corrected chi connectivity index (χ4v) is 2.93. The van der Waals surface area contributed by atoms with Crippen LogP contribution in [0.4, 0.5) is 0 Å². The van der Waals surface area contributed by atoms with E-state index in [-0.39, 0.29) is 6.04 Å². The van der Waals surface area contributed by atoms with Crippen LogP contribution in [0.5, 0.6) is 0 Å². The number of allylic oxidation sites excluding steroid dienone is 1. The molecule has 18 heavy (non-hydrogen) atoms. The van der Waals surface area contributed by atoms with Crippen molar-refractivity contribution in [1.82, 2.24) is 10.3 Å². The Bertz CT molecular complexity index is 443. The number of nitrogens with one attached hydrogen (secondary N) is 1. The van der Waals surface area contributed by atoms with Gasteiger partial charge in [-0.3, -0.25) is 4.98 Å². The normalized spacial score (nSPS) is 18.1. The summed E-state index contributed by atoms with van der Waals surface area (Å²) in [6.07, 6.45) is 10.1. The van der Waals surface area contributed by atoms with Crippen molar-refractivity contribution in [3.63, 3.8) is 0 Å². The Morgan fingerprint density at radius 3 is 2.83 bits per heavy atom. The van der Waals surface area contributed by atoms with E-state index in [1.807, 2.05) is 7.05 Å². The molecule has 0 saturated heterocycles. The van der Waals surface area contributed by atoms with Gasteiger partial charge in [0.05, 0.1) is 21.8 Å². The summed E-state index contributed by atoms with van der Waals surface area (Å²) in [7, 11) is 1.95. The van der Waals surface area contributed by atoms with E-state index < -0.39 is 0 Å². The van der Waals surface area contributed by atoms with Gasteiger partial charge in [-0.2, -0.15) is 0 Å². The summed E-state index contributed by atoms with van der Waals surface area (Å²) in [5.41, 5.74) is 2.27. The van der Waals surface area contributed by atoms with Gasteiger partial charge >= 0.3 is 0 Å². The molecule has 98 valence electrons. The van der Waals surface area contributed by atoms with E-state index in [1.54, 1.807) is 12.3 Å². The molecule has 0 amide bonds. The zero-order valence-electron chi connectivity index (χ0n) is 10.5. The molecular weight excluding hydrogens is 267 g/mol. The largest absolute Gasteiger partial charge is 0.308 e. The molecule has 1 N–H and O–H groups in total. The van der Waals surface area contributed by atoms with Crippen LogP contribution < -0.4 is 5.32 Å². The lowest BCUT2D eigenvalue weighted by Gasteiger charge is -2.20. The molecule has 0 aliphatic heterocycles. The third-order valence-corrected chi connectivity index (χ3v) is 3.85. The van der Waals surface area contributed by atoms with E-state index in [9.17, 15) is 0 Å². The second-order valence-electron chi connectivity index (χ2n) is 4.62. The maximum atomic E-state index is 6.25. The molecule has 2 nitrogen and oxygen atoms in total. The predicted molar refractivity (Wildman–Crippen MR) is 77.2 cm³/mol. The molecule has 1 aliphatic carbocycles. The number of halogens is 2. The minimum absolute atomic E-state index is 0.105. The SMILES string of the molecule is CNC(C1=CCCCCC1)c1ncc(Cl)cc1Cl. The van der Waals surface area contributed by atoms with Crippen molar-refractivity contribution in [1.29, 1.82) is 0 Å². The first-order chi connectivity index (χ1) is 8.72. The van der Waals surface area contributed by atoms with Crippen molar-refractivity contribution in [2.24, 2.45) is 0 Å². The minimum atomic E-state index is 0.105. The molecule has 1 aromatic rings. The highest BCUT2D eigenvalue weighted by atomic mass is 35.5. The number of nitrogens with zero attached hydrogens (tertiary/aromatic N) is 1. The lowest BCUT2D eigenvalue weighted by molar-refractivity contribution is 0.616. The second-order valence-corrected chi connectivity index (χ2v) is 5.46. The van der Waals surface area contributed by atoms with E-state index in [4.69, 9.17) is 23.2 Å². The van der Waals surface area contributed by atoms with Crippen molar-refractivity contribution in [2.45, 2.75) is 38.1 Å². The van der Waals surface area contributed by atoms with Gasteiger partial charge in [0.15, 0.2) is 0 Å². The maximum Gasteiger partial charge on any atom is 0.0802 e. The average molecular weight is 285 g/mol. The summed E-state index contributed by atoms with van der Waals surface area (Å²) in [4.78, 5) is 4.39. The first-order valence-electron chi connectivity index (χ1n) is 6.39. The van der Waals surface area contributed by atoms with Gasteiger partial charge in [0.2, 0.25) is 0 Å². The highest BCUT2D eigenvalue weighted by Gasteiger charge is 2.19. The standard InChI is InChI=1S/C14H18Cl2N2/c1-17-13(10-6-4-2-3-5-7-10)14-12(16)8-11(15)9-18-14/h6,8-9,13,17H,2-5,7H2,1H3. The zero-order chi connectivity index (χ0) is 13.0. The highest BCUT2D eigenvalue weighted by Crippen LogP contribution is 2.32. The van der Waals surface area contributed by atoms with E-state index in [2.05, 4.69) is 16.4 Å². The quantitative estimate of drug-likeness (QED) is 0.825. The predicted octanol–water partition coefficient (Wildman–Crippen LogP) is 4.54. The highest BCUT2D eigenvalue weighted by molar-refractivity contribution is 6.34. The molecule has 1 aromatic heterocycles. The van der Waals surface area contributed by atoms with Gasteiger partial charge in [-0.25, -0.2) is 0 Å². The molecule has 0 fully saturated rings.